The van der Waals surface area contributed by atoms with Gasteiger partial charge in [0.1, 0.15) is 0 Å². The van der Waals surface area contributed by atoms with Crippen LogP contribution in [0, 0.1) is 0 Å². The van der Waals surface area contributed by atoms with E-state index >= 15 is 0 Å². The van der Waals surface area contributed by atoms with Crippen LogP contribution in [0.5, 0.6) is 0 Å². The quantitative estimate of drug-likeness (QED) is 0.254. The minimum absolute atomic E-state index is 0.363. The van der Waals surface area contributed by atoms with E-state index < -0.39 is 0 Å². The van der Waals surface area contributed by atoms with Gasteiger partial charge in [-0.25, -0.2) is 0 Å². The van der Waals surface area contributed by atoms with Gasteiger partial charge in [0.2, 0.25) is 0 Å². The maximum Gasteiger partial charge on any atom is 0.0720 e. The minimum atomic E-state index is -0.389. The molecule has 0 atom stereocenters. The fourth-order valence-corrected chi connectivity index (χ4v) is 6.58. The Balaban J connectivity index is 1.78. The van der Waals surface area contributed by atoms with Gasteiger partial charge < -0.3 is 4.57 Å². The molecule has 168 valence electrons. The zero-order valence-electron chi connectivity index (χ0n) is 20.1. The van der Waals surface area contributed by atoms with Gasteiger partial charge in [0.25, 0.3) is 0 Å². The second-order valence-electron chi connectivity index (χ2n) is 9.89. The highest BCUT2D eigenvalue weighted by Crippen LogP contribution is 2.59. The smallest absolute Gasteiger partial charge is 0.0720 e. The van der Waals surface area contributed by atoms with Crippen LogP contribution < -0.4 is 0 Å². The third kappa shape index (κ3) is 2.58. The summed E-state index contributed by atoms with van der Waals surface area (Å²) in [6.45, 7) is 4.57. The molecule has 0 unspecified atom stereocenters. The van der Waals surface area contributed by atoms with E-state index in [9.17, 15) is 0 Å². The molecule has 7 rings (SSSR count). The first-order valence-corrected chi connectivity index (χ1v) is 12.5. The molecule has 0 radical (unpaired) electrons. The van der Waals surface area contributed by atoms with E-state index in [1.807, 2.05) is 0 Å². The van der Waals surface area contributed by atoms with Gasteiger partial charge in [-0.05, 0) is 59.4 Å². The van der Waals surface area contributed by atoms with Crippen molar-refractivity contribution in [1.82, 2.24) is 4.57 Å². The van der Waals surface area contributed by atoms with Gasteiger partial charge in [-0.15, -0.1) is 0 Å². The number of nitrogens with zero attached hydrogens (tertiary/aromatic N) is 1. The van der Waals surface area contributed by atoms with Gasteiger partial charge in [0, 0.05) is 27.8 Å². The molecular weight excluding hydrogens is 422 g/mol. The van der Waals surface area contributed by atoms with Crippen molar-refractivity contribution >= 4 is 21.8 Å². The Hall–Kier alpha value is -4.10. The molecule has 1 aliphatic carbocycles. The lowest BCUT2D eigenvalue weighted by Gasteiger charge is -2.34. The van der Waals surface area contributed by atoms with E-state index in [1.54, 1.807) is 0 Å². The molecule has 1 aliphatic rings. The molecule has 0 amide bonds. The largest absolute Gasteiger partial charge is 0.338 e. The fourth-order valence-electron chi connectivity index (χ4n) is 6.58. The molecule has 1 nitrogen and oxygen atoms in total. The second-order valence-corrected chi connectivity index (χ2v) is 9.89. The summed E-state index contributed by atoms with van der Waals surface area (Å²) in [5.41, 5.74) is 10.3. The summed E-state index contributed by atoms with van der Waals surface area (Å²) in [5, 5.41) is 2.70. The lowest BCUT2D eigenvalue weighted by atomic mass is 9.67. The highest BCUT2D eigenvalue weighted by Gasteiger charge is 2.47. The maximum absolute atomic E-state index is 2.51. The molecule has 0 N–H and O–H groups in total. The molecule has 0 bridgehead atoms. The van der Waals surface area contributed by atoms with Gasteiger partial charge >= 0.3 is 0 Å². The second kappa shape index (κ2) is 7.45. The molecule has 0 aliphatic heterocycles. The van der Waals surface area contributed by atoms with Gasteiger partial charge in [-0.2, -0.15) is 0 Å². The fraction of sp³-hybridized carbons (Fsp3) is 0.118. The summed E-state index contributed by atoms with van der Waals surface area (Å²) in [7, 11) is 0. The average molecular weight is 450 g/mol. The van der Waals surface area contributed by atoms with Crippen LogP contribution in [0.2, 0.25) is 0 Å². The van der Waals surface area contributed by atoms with Gasteiger partial charge in [0.15, 0.2) is 0 Å². The molecule has 1 heteroatoms. The van der Waals surface area contributed by atoms with E-state index in [1.165, 1.54) is 55.2 Å². The molecule has 6 aromatic rings. The molecule has 35 heavy (non-hydrogen) atoms. The third-order valence-corrected chi connectivity index (χ3v) is 7.80. The maximum atomic E-state index is 2.51. The zero-order valence-corrected chi connectivity index (χ0v) is 20.1. The number of rotatable bonds is 3. The predicted molar refractivity (Wildman–Crippen MR) is 147 cm³/mol. The van der Waals surface area contributed by atoms with Crippen molar-refractivity contribution in [1.29, 1.82) is 0 Å². The predicted octanol–water partition coefficient (Wildman–Crippen LogP) is 8.74. The Kier molecular flexibility index (Phi) is 4.32. The molecule has 0 spiro atoms. The molecular formula is C34H27N. The number of aromatic nitrogens is 1. The zero-order chi connectivity index (χ0) is 23.6. The molecule has 0 saturated heterocycles. The van der Waals surface area contributed by atoms with Crippen LogP contribution in [0.1, 0.15) is 42.1 Å². The highest BCUT2D eigenvalue weighted by molar-refractivity contribution is 6.14. The van der Waals surface area contributed by atoms with Crippen LogP contribution in [0.25, 0.3) is 32.9 Å². The summed E-state index contributed by atoms with van der Waals surface area (Å²) >= 11 is 0. The molecule has 1 aromatic heterocycles. The average Bonchev–Trinajstić information content (AvgIpc) is 3.41. The SMILES string of the molecule is CC(C)n1c2ccccc2c2c3c(ccc21)-c1ccccc1C3(c1ccccc1)c1ccccc1. The lowest BCUT2D eigenvalue weighted by Crippen LogP contribution is -2.28. The Morgan fingerprint density at radius 1 is 0.543 bits per heavy atom. The summed E-state index contributed by atoms with van der Waals surface area (Å²) in [5.74, 6) is 0. The lowest BCUT2D eigenvalue weighted by molar-refractivity contribution is 0.642. The van der Waals surface area contributed by atoms with Crippen molar-refractivity contribution in [2.75, 3.05) is 0 Å². The van der Waals surface area contributed by atoms with Crippen molar-refractivity contribution in [3.05, 3.63) is 144 Å². The third-order valence-electron chi connectivity index (χ3n) is 7.80. The van der Waals surface area contributed by atoms with Crippen LogP contribution in [-0.4, -0.2) is 4.57 Å². The summed E-state index contributed by atoms with van der Waals surface area (Å²) in [4.78, 5) is 0. The first-order chi connectivity index (χ1) is 17.2. The van der Waals surface area contributed by atoms with Crippen molar-refractivity contribution in [3.8, 4) is 11.1 Å². The minimum Gasteiger partial charge on any atom is -0.338 e. The van der Waals surface area contributed by atoms with E-state index in [-0.39, 0.29) is 5.41 Å². The standard InChI is InChI=1S/C34H27N/c1-23(2)35-30-20-12-10-18-28(30)32-31(35)22-21-27-26-17-9-11-19-29(26)34(33(27)32,24-13-5-3-6-14-24)25-15-7-4-8-16-25/h3-23H,1-2H3. The van der Waals surface area contributed by atoms with Gasteiger partial charge in [-0.1, -0.05) is 109 Å². The molecule has 0 saturated carbocycles. The van der Waals surface area contributed by atoms with E-state index in [0.717, 1.165) is 0 Å². The number of hydrogen-bond acceptors (Lipinski definition) is 0. The summed E-state index contributed by atoms with van der Waals surface area (Å²) < 4.78 is 2.51. The molecule has 5 aromatic carbocycles. The van der Waals surface area contributed by atoms with E-state index in [0.29, 0.717) is 6.04 Å². The summed E-state index contributed by atoms with van der Waals surface area (Å²) in [6.07, 6.45) is 0. The van der Waals surface area contributed by atoms with Crippen LogP contribution in [0.15, 0.2) is 121 Å². The van der Waals surface area contributed by atoms with Gasteiger partial charge in [-0.3, -0.25) is 0 Å². The van der Waals surface area contributed by atoms with E-state index in [4.69, 9.17) is 0 Å². The highest BCUT2D eigenvalue weighted by atomic mass is 15.0. The number of hydrogen-bond donors (Lipinski definition) is 0. The van der Waals surface area contributed by atoms with Crippen molar-refractivity contribution in [3.63, 3.8) is 0 Å². The van der Waals surface area contributed by atoms with E-state index in [2.05, 4.69) is 140 Å². The topological polar surface area (TPSA) is 4.93 Å². The molecule has 1 heterocycles. The normalized spacial score (nSPS) is 13.9. The monoisotopic (exact) mass is 449 g/mol. The van der Waals surface area contributed by atoms with Crippen LogP contribution in [0.4, 0.5) is 0 Å². The number of fused-ring (bicyclic) bond motifs is 7. The van der Waals surface area contributed by atoms with Crippen LogP contribution in [-0.2, 0) is 5.41 Å². The Labute approximate surface area is 206 Å². The molecule has 0 fully saturated rings. The van der Waals surface area contributed by atoms with Gasteiger partial charge in [0.05, 0.1) is 5.41 Å². The number of benzene rings is 5. The summed E-state index contributed by atoms with van der Waals surface area (Å²) in [6, 6.07) is 45.2. The van der Waals surface area contributed by atoms with Crippen LogP contribution in [0.3, 0.4) is 0 Å². The Morgan fingerprint density at radius 2 is 1.14 bits per heavy atom. The first kappa shape index (κ1) is 20.3. The van der Waals surface area contributed by atoms with Crippen molar-refractivity contribution in [2.45, 2.75) is 25.3 Å². The van der Waals surface area contributed by atoms with Crippen molar-refractivity contribution in [2.24, 2.45) is 0 Å². The van der Waals surface area contributed by atoms with Crippen molar-refractivity contribution < 1.29 is 0 Å². The van der Waals surface area contributed by atoms with Crippen LogP contribution >= 0.6 is 0 Å². The Bertz CT molecular complexity index is 1670. The Morgan fingerprint density at radius 3 is 1.83 bits per heavy atom. The number of para-hydroxylation sites is 1. The first-order valence-electron chi connectivity index (χ1n) is 12.5.